The molecule has 1 heteroatoms. The van der Waals surface area contributed by atoms with Crippen LogP contribution in [0.15, 0.2) is 12.3 Å². The highest BCUT2D eigenvalue weighted by molar-refractivity contribution is 4.94. The zero-order chi connectivity index (χ0) is 5.98. The van der Waals surface area contributed by atoms with Crippen molar-refractivity contribution in [1.82, 2.24) is 5.32 Å². The maximum absolute atomic E-state index is 3.84. The van der Waals surface area contributed by atoms with E-state index in [1.165, 1.54) is 18.5 Å². The molecule has 1 fully saturated rings. The maximum atomic E-state index is 3.84. The van der Waals surface area contributed by atoms with Crippen LogP contribution in [0.25, 0.3) is 0 Å². The van der Waals surface area contributed by atoms with Crippen molar-refractivity contribution in [2.45, 2.75) is 19.8 Å². The van der Waals surface area contributed by atoms with Gasteiger partial charge in [0, 0.05) is 12.2 Å². The quantitative estimate of drug-likeness (QED) is 0.499. The van der Waals surface area contributed by atoms with Crippen molar-refractivity contribution in [2.75, 3.05) is 6.54 Å². The van der Waals surface area contributed by atoms with Gasteiger partial charge in [-0.3, -0.25) is 0 Å². The third-order valence-electron chi connectivity index (χ3n) is 1.64. The third kappa shape index (κ3) is 1.25. The molecule has 0 saturated carbocycles. The van der Waals surface area contributed by atoms with E-state index in [1.54, 1.807) is 0 Å². The molecule has 0 spiro atoms. The standard InChI is InChI=1S/C7H13N/c1-6-3-4-7(2)8-5-6/h6,8H,2-5H2,1H3/t6-/m1/s1. The average molecular weight is 111 g/mol. The van der Waals surface area contributed by atoms with Gasteiger partial charge in [-0.1, -0.05) is 13.5 Å². The molecule has 1 N–H and O–H groups in total. The van der Waals surface area contributed by atoms with Gasteiger partial charge >= 0.3 is 0 Å². The largest absolute Gasteiger partial charge is 0.389 e. The van der Waals surface area contributed by atoms with Crippen LogP contribution in [-0.2, 0) is 0 Å². The molecule has 46 valence electrons. The third-order valence-corrected chi connectivity index (χ3v) is 1.64. The van der Waals surface area contributed by atoms with Gasteiger partial charge in [-0.25, -0.2) is 0 Å². The smallest absolute Gasteiger partial charge is 0.0169 e. The lowest BCUT2D eigenvalue weighted by Gasteiger charge is -2.21. The summed E-state index contributed by atoms with van der Waals surface area (Å²) in [5, 5.41) is 3.24. The van der Waals surface area contributed by atoms with Crippen molar-refractivity contribution in [3.63, 3.8) is 0 Å². The van der Waals surface area contributed by atoms with Crippen molar-refractivity contribution in [3.8, 4) is 0 Å². The van der Waals surface area contributed by atoms with Gasteiger partial charge in [0.05, 0.1) is 0 Å². The zero-order valence-electron chi connectivity index (χ0n) is 5.41. The minimum absolute atomic E-state index is 0.848. The Bertz CT molecular complexity index is 86.6. The fraction of sp³-hybridized carbons (Fsp3) is 0.714. The monoisotopic (exact) mass is 111 g/mol. The first kappa shape index (κ1) is 5.67. The first-order valence-electron chi connectivity index (χ1n) is 3.20. The molecule has 1 nitrogen and oxygen atoms in total. The number of hydrogen-bond donors (Lipinski definition) is 1. The summed E-state index contributed by atoms with van der Waals surface area (Å²) < 4.78 is 0. The molecule has 0 aliphatic carbocycles. The molecule has 0 aromatic rings. The van der Waals surface area contributed by atoms with E-state index in [9.17, 15) is 0 Å². The number of rotatable bonds is 0. The topological polar surface area (TPSA) is 12.0 Å². The van der Waals surface area contributed by atoms with Crippen LogP contribution in [0.3, 0.4) is 0 Å². The summed E-state index contributed by atoms with van der Waals surface area (Å²) in [6.07, 6.45) is 2.48. The SMILES string of the molecule is C=C1CC[C@@H](C)CN1. The molecule has 1 saturated heterocycles. The van der Waals surface area contributed by atoms with Crippen LogP contribution in [0.4, 0.5) is 0 Å². The molecule has 1 heterocycles. The predicted octanol–water partition coefficient (Wildman–Crippen LogP) is 1.52. The van der Waals surface area contributed by atoms with Crippen LogP contribution in [0.2, 0.25) is 0 Å². The Balaban J connectivity index is 2.29. The average Bonchev–Trinajstić information content (AvgIpc) is 1.77. The molecule has 0 amide bonds. The molecule has 0 radical (unpaired) electrons. The van der Waals surface area contributed by atoms with E-state index in [0.717, 1.165) is 12.5 Å². The minimum atomic E-state index is 0.848. The van der Waals surface area contributed by atoms with E-state index in [4.69, 9.17) is 0 Å². The first-order valence-corrected chi connectivity index (χ1v) is 3.20. The van der Waals surface area contributed by atoms with Crippen LogP contribution in [0, 0.1) is 5.92 Å². The normalized spacial score (nSPS) is 29.6. The van der Waals surface area contributed by atoms with Crippen molar-refractivity contribution in [3.05, 3.63) is 12.3 Å². The van der Waals surface area contributed by atoms with Crippen molar-refractivity contribution < 1.29 is 0 Å². The molecular weight excluding hydrogens is 98.1 g/mol. The van der Waals surface area contributed by atoms with Gasteiger partial charge in [-0.2, -0.15) is 0 Å². The lowest BCUT2D eigenvalue weighted by Crippen LogP contribution is -2.25. The molecule has 0 bridgehead atoms. The first-order chi connectivity index (χ1) is 3.79. The second-order valence-electron chi connectivity index (χ2n) is 2.63. The van der Waals surface area contributed by atoms with Crippen LogP contribution >= 0.6 is 0 Å². The van der Waals surface area contributed by atoms with Gasteiger partial charge in [0.2, 0.25) is 0 Å². The Labute approximate surface area is 50.8 Å². The van der Waals surface area contributed by atoms with Crippen LogP contribution in [0.5, 0.6) is 0 Å². The van der Waals surface area contributed by atoms with E-state index >= 15 is 0 Å². The molecule has 1 rings (SSSR count). The summed E-state index contributed by atoms with van der Waals surface area (Å²) in [4.78, 5) is 0. The molecule has 1 atom stereocenters. The highest BCUT2D eigenvalue weighted by Crippen LogP contribution is 2.13. The molecule has 0 aromatic heterocycles. The summed E-state index contributed by atoms with van der Waals surface area (Å²) in [7, 11) is 0. The number of hydrogen-bond acceptors (Lipinski definition) is 1. The van der Waals surface area contributed by atoms with Crippen molar-refractivity contribution in [2.24, 2.45) is 5.92 Å². The molecule has 0 aromatic carbocycles. The lowest BCUT2D eigenvalue weighted by atomic mass is 10.0. The van der Waals surface area contributed by atoms with Gasteiger partial charge in [-0.05, 0) is 18.8 Å². The van der Waals surface area contributed by atoms with Gasteiger partial charge in [-0.15, -0.1) is 0 Å². The van der Waals surface area contributed by atoms with Crippen LogP contribution < -0.4 is 5.32 Å². The fourth-order valence-electron chi connectivity index (χ4n) is 0.930. The number of allylic oxidation sites excluding steroid dienone is 1. The number of nitrogens with one attached hydrogen (secondary N) is 1. The summed E-state index contributed by atoms with van der Waals surface area (Å²) in [6.45, 7) is 7.22. The molecule has 1 aliphatic rings. The highest BCUT2D eigenvalue weighted by atomic mass is 14.9. The van der Waals surface area contributed by atoms with Gasteiger partial charge in [0.15, 0.2) is 0 Å². The van der Waals surface area contributed by atoms with Gasteiger partial charge in [0.25, 0.3) is 0 Å². The Morgan fingerprint density at radius 1 is 1.75 bits per heavy atom. The molecule has 0 unspecified atom stereocenters. The highest BCUT2D eigenvalue weighted by Gasteiger charge is 2.08. The summed E-state index contributed by atoms with van der Waals surface area (Å²) in [5.74, 6) is 0.848. The van der Waals surface area contributed by atoms with E-state index in [2.05, 4.69) is 18.8 Å². The molecular formula is C7H13N. The van der Waals surface area contributed by atoms with Gasteiger partial charge < -0.3 is 5.32 Å². The second kappa shape index (κ2) is 2.21. The summed E-state index contributed by atoms with van der Waals surface area (Å²) in [5.41, 5.74) is 1.21. The van der Waals surface area contributed by atoms with Crippen LogP contribution in [0.1, 0.15) is 19.8 Å². The summed E-state index contributed by atoms with van der Waals surface area (Å²) >= 11 is 0. The van der Waals surface area contributed by atoms with Crippen molar-refractivity contribution in [1.29, 1.82) is 0 Å². The second-order valence-corrected chi connectivity index (χ2v) is 2.63. The van der Waals surface area contributed by atoms with E-state index in [-0.39, 0.29) is 0 Å². The van der Waals surface area contributed by atoms with E-state index < -0.39 is 0 Å². The maximum Gasteiger partial charge on any atom is 0.0169 e. The van der Waals surface area contributed by atoms with Crippen molar-refractivity contribution >= 4 is 0 Å². The number of piperidine rings is 1. The Hall–Kier alpha value is -0.460. The fourth-order valence-corrected chi connectivity index (χ4v) is 0.930. The Morgan fingerprint density at radius 2 is 2.50 bits per heavy atom. The Kier molecular flexibility index (Phi) is 1.56. The summed E-state index contributed by atoms with van der Waals surface area (Å²) in [6, 6.07) is 0. The van der Waals surface area contributed by atoms with Gasteiger partial charge in [0.1, 0.15) is 0 Å². The lowest BCUT2D eigenvalue weighted by molar-refractivity contribution is 0.449. The Morgan fingerprint density at radius 3 is 2.88 bits per heavy atom. The zero-order valence-corrected chi connectivity index (χ0v) is 5.41. The van der Waals surface area contributed by atoms with Crippen LogP contribution in [-0.4, -0.2) is 6.54 Å². The predicted molar refractivity (Wildman–Crippen MR) is 35.5 cm³/mol. The molecule has 8 heavy (non-hydrogen) atoms. The van der Waals surface area contributed by atoms with E-state index in [1.807, 2.05) is 0 Å². The van der Waals surface area contributed by atoms with E-state index in [0.29, 0.717) is 0 Å². The molecule has 1 aliphatic heterocycles. The minimum Gasteiger partial charge on any atom is -0.389 e.